The molecule has 1 aliphatic heterocycles. The zero-order valence-corrected chi connectivity index (χ0v) is 19.6. The zero-order chi connectivity index (χ0) is 22.1. The van der Waals surface area contributed by atoms with Crippen LogP contribution in [0.4, 0.5) is 0 Å². The van der Waals surface area contributed by atoms with Crippen molar-refractivity contribution in [2.24, 2.45) is 11.8 Å². The van der Waals surface area contributed by atoms with E-state index in [1.54, 1.807) is 0 Å². The largest absolute Gasteiger partial charge is 0.356 e. The van der Waals surface area contributed by atoms with Gasteiger partial charge in [0.1, 0.15) is 0 Å². The van der Waals surface area contributed by atoms with Gasteiger partial charge in [-0.15, -0.1) is 0 Å². The van der Waals surface area contributed by atoms with Crippen LogP contribution in [-0.4, -0.2) is 45.0 Å². The van der Waals surface area contributed by atoms with E-state index in [0.717, 1.165) is 47.2 Å². The summed E-state index contributed by atoms with van der Waals surface area (Å²) < 4.78 is 2.01. The Kier molecular flexibility index (Phi) is 6.31. The van der Waals surface area contributed by atoms with Crippen LogP contribution in [0.25, 0.3) is 5.65 Å². The maximum absolute atomic E-state index is 12.2. The average molecular weight is 436 g/mol. The summed E-state index contributed by atoms with van der Waals surface area (Å²) in [4.78, 5) is 19.8. The molecule has 0 aromatic carbocycles. The minimum absolute atomic E-state index is 0.149. The second-order valence-corrected chi connectivity index (χ2v) is 10.2. The predicted molar refractivity (Wildman–Crippen MR) is 127 cm³/mol. The third-order valence-corrected chi connectivity index (χ3v) is 7.65. The van der Waals surface area contributed by atoms with Crippen molar-refractivity contribution >= 4 is 11.6 Å². The van der Waals surface area contributed by atoms with Gasteiger partial charge in [0.2, 0.25) is 5.91 Å². The summed E-state index contributed by atoms with van der Waals surface area (Å²) in [6.07, 6.45) is 14.6. The summed E-state index contributed by atoms with van der Waals surface area (Å²) in [5.74, 6) is 1.64. The second kappa shape index (κ2) is 9.34. The number of carbonyl (C=O) groups excluding carboxylic acids is 1. The van der Waals surface area contributed by atoms with E-state index in [1.807, 2.05) is 4.52 Å². The molecule has 0 spiro atoms. The van der Waals surface area contributed by atoms with E-state index in [2.05, 4.69) is 42.3 Å². The lowest BCUT2D eigenvalue weighted by Crippen LogP contribution is -2.30. The molecular weight excluding hydrogens is 398 g/mol. The zero-order valence-electron chi connectivity index (χ0n) is 19.6. The molecule has 1 amide bonds. The maximum atomic E-state index is 12.2. The van der Waals surface area contributed by atoms with Crippen LogP contribution >= 0.6 is 0 Å². The lowest BCUT2D eigenvalue weighted by Gasteiger charge is -2.28. The van der Waals surface area contributed by atoms with Crippen molar-refractivity contribution in [3.63, 3.8) is 0 Å². The average Bonchev–Trinajstić information content (AvgIpc) is 3.35. The summed E-state index contributed by atoms with van der Waals surface area (Å²) in [7, 11) is 0. The fourth-order valence-corrected chi connectivity index (χ4v) is 5.51. The van der Waals surface area contributed by atoms with Crippen molar-refractivity contribution in [1.82, 2.24) is 24.8 Å². The van der Waals surface area contributed by atoms with Gasteiger partial charge in [-0.2, -0.15) is 5.10 Å². The van der Waals surface area contributed by atoms with E-state index < -0.39 is 0 Å². The number of aryl methyl sites for hydroxylation is 2. The number of nitrogens with zero attached hydrogens (tertiary/aromatic N) is 4. The van der Waals surface area contributed by atoms with Gasteiger partial charge in [-0.05, 0) is 89.2 Å². The number of carbonyl (C=O) groups is 1. The standard InChI is InChI=1S/C26H37N5O/c1-18-22(12-13-26(32)27-16-20-10-11-20)19(2)31-25(28-18)15-23(29-31)24-9-6-14-30(24)17-21-7-4-3-5-8-21/h3-4,15,20-21,24H,5-14,16-17H2,1-2H3,(H,27,32). The van der Waals surface area contributed by atoms with E-state index in [9.17, 15) is 4.79 Å². The number of likely N-dealkylation sites (tertiary alicyclic amines) is 1. The quantitative estimate of drug-likeness (QED) is 0.628. The third kappa shape index (κ3) is 4.75. The molecule has 2 aliphatic carbocycles. The Bertz CT molecular complexity index is 1010. The summed E-state index contributed by atoms with van der Waals surface area (Å²) >= 11 is 0. The summed E-state index contributed by atoms with van der Waals surface area (Å²) in [5, 5.41) is 8.11. The van der Waals surface area contributed by atoms with E-state index in [4.69, 9.17) is 10.1 Å². The molecule has 172 valence electrons. The van der Waals surface area contributed by atoms with Gasteiger partial charge in [-0.3, -0.25) is 9.69 Å². The molecule has 2 unspecified atom stereocenters. The van der Waals surface area contributed by atoms with Gasteiger partial charge in [0.05, 0.1) is 11.7 Å². The second-order valence-electron chi connectivity index (χ2n) is 10.2. The van der Waals surface area contributed by atoms with Gasteiger partial charge >= 0.3 is 0 Å². The molecule has 0 radical (unpaired) electrons. The molecule has 32 heavy (non-hydrogen) atoms. The number of hydrogen-bond donors (Lipinski definition) is 1. The van der Waals surface area contributed by atoms with Gasteiger partial charge in [0.15, 0.2) is 5.65 Å². The number of fused-ring (bicyclic) bond motifs is 1. The highest BCUT2D eigenvalue weighted by Gasteiger charge is 2.30. The van der Waals surface area contributed by atoms with Crippen LogP contribution in [-0.2, 0) is 11.2 Å². The highest BCUT2D eigenvalue weighted by molar-refractivity contribution is 5.76. The molecule has 2 aromatic heterocycles. The molecule has 6 nitrogen and oxygen atoms in total. The van der Waals surface area contributed by atoms with Crippen LogP contribution in [0, 0.1) is 25.7 Å². The highest BCUT2D eigenvalue weighted by atomic mass is 16.1. The van der Waals surface area contributed by atoms with Crippen LogP contribution in [0.15, 0.2) is 18.2 Å². The van der Waals surface area contributed by atoms with Gasteiger partial charge in [0.25, 0.3) is 0 Å². The Morgan fingerprint density at radius 2 is 2.03 bits per heavy atom. The Morgan fingerprint density at radius 3 is 2.81 bits per heavy atom. The van der Waals surface area contributed by atoms with Crippen molar-refractivity contribution < 1.29 is 4.79 Å². The van der Waals surface area contributed by atoms with Crippen LogP contribution in [0.3, 0.4) is 0 Å². The normalized spacial score (nSPS) is 23.8. The molecule has 0 bridgehead atoms. The van der Waals surface area contributed by atoms with Crippen molar-refractivity contribution in [2.75, 3.05) is 19.6 Å². The van der Waals surface area contributed by atoms with Gasteiger partial charge < -0.3 is 5.32 Å². The van der Waals surface area contributed by atoms with Gasteiger partial charge in [0, 0.05) is 37.0 Å². The molecule has 3 aliphatic rings. The smallest absolute Gasteiger partial charge is 0.220 e. The fourth-order valence-electron chi connectivity index (χ4n) is 5.51. The topological polar surface area (TPSA) is 62.5 Å². The predicted octanol–water partition coefficient (Wildman–Crippen LogP) is 4.30. The monoisotopic (exact) mass is 435 g/mol. The summed E-state index contributed by atoms with van der Waals surface area (Å²) in [5.41, 5.74) is 5.39. The number of allylic oxidation sites excluding steroid dienone is 2. The number of aromatic nitrogens is 3. The third-order valence-electron chi connectivity index (χ3n) is 7.65. The first-order chi connectivity index (χ1) is 15.6. The molecule has 3 heterocycles. The van der Waals surface area contributed by atoms with Crippen LogP contribution in [0.1, 0.15) is 80.1 Å². The molecule has 5 rings (SSSR count). The van der Waals surface area contributed by atoms with Crippen LogP contribution in [0.5, 0.6) is 0 Å². The van der Waals surface area contributed by atoms with Crippen molar-refractivity contribution in [3.05, 3.63) is 40.9 Å². The Hall–Kier alpha value is -2.21. The van der Waals surface area contributed by atoms with Crippen molar-refractivity contribution in [2.45, 2.75) is 77.7 Å². The van der Waals surface area contributed by atoms with E-state index in [0.29, 0.717) is 18.4 Å². The first-order valence-electron chi connectivity index (χ1n) is 12.6. The molecule has 6 heteroatoms. The summed E-state index contributed by atoms with van der Waals surface area (Å²) in [6, 6.07) is 2.59. The molecule has 2 atom stereocenters. The number of nitrogens with one attached hydrogen (secondary N) is 1. The Morgan fingerprint density at radius 1 is 1.16 bits per heavy atom. The SMILES string of the molecule is Cc1nc2cc(C3CCCN3CC3CC=CCC3)nn2c(C)c1CCC(=O)NCC1CC1. The lowest BCUT2D eigenvalue weighted by molar-refractivity contribution is -0.121. The maximum Gasteiger partial charge on any atom is 0.220 e. The van der Waals surface area contributed by atoms with Crippen molar-refractivity contribution in [1.29, 1.82) is 0 Å². The minimum atomic E-state index is 0.149. The first kappa shape index (κ1) is 21.6. The lowest BCUT2D eigenvalue weighted by atomic mass is 9.93. The van der Waals surface area contributed by atoms with Gasteiger partial charge in [-0.25, -0.2) is 9.50 Å². The number of hydrogen-bond acceptors (Lipinski definition) is 4. The number of rotatable bonds is 8. The molecule has 2 fully saturated rings. The molecule has 2 aromatic rings. The van der Waals surface area contributed by atoms with Crippen molar-refractivity contribution in [3.8, 4) is 0 Å². The Balaban J connectivity index is 1.30. The minimum Gasteiger partial charge on any atom is -0.356 e. The molecule has 1 saturated carbocycles. The Labute approximate surface area is 191 Å². The van der Waals surface area contributed by atoms with E-state index >= 15 is 0 Å². The fraction of sp³-hybridized carbons (Fsp3) is 0.654. The number of amides is 1. The highest BCUT2D eigenvalue weighted by Crippen LogP contribution is 2.34. The molecule has 1 saturated heterocycles. The van der Waals surface area contributed by atoms with Crippen LogP contribution in [0.2, 0.25) is 0 Å². The van der Waals surface area contributed by atoms with E-state index in [1.165, 1.54) is 58.0 Å². The van der Waals surface area contributed by atoms with Gasteiger partial charge in [-0.1, -0.05) is 12.2 Å². The molecule has 1 N–H and O–H groups in total. The summed E-state index contributed by atoms with van der Waals surface area (Å²) in [6.45, 7) is 7.37. The van der Waals surface area contributed by atoms with Crippen LogP contribution < -0.4 is 5.32 Å². The van der Waals surface area contributed by atoms with E-state index in [-0.39, 0.29) is 5.91 Å². The molecular formula is C26H37N5O. The first-order valence-corrected chi connectivity index (χ1v) is 12.6.